The lowest BCUT2D eigenvalue weighted by Gasteiger charge is -2.37. The summed E-state index contributed by atoms with van der Waals surface area (Å²) in [5.74, 6) is -2.90. The van der Waals surface area contributed by atoms with Gasteiger partial charge >= 0.3 is 12.1 Å². The molecule has 4 nitrogen and oxygen atoms in total. The van der Waals surface area contributed by atoms with Crippen LogP contribution in [-0.2, 0) is 19.0 Å². The van der Waals surface area contributed by atoms with Crippen LogP contribution in [0.25, 0.3) is 0 Å². The van der Waals surface area contributed by atoms with Crippen LogP contribution in [0.5, 0.6) is 0 Å². The van der Waals surface area contributed by atoms with Crippen LogP contribution < -0.4 is 0 Å². The SMILES string of the molecule is COC1(OC)CCC(OC(=O)C(F)(F)F)CC1. The van der Waals surface area contributed by atoms with Gasteiger partial charge in [0, 0.05) is 27.1 Å². The molecule has 0 saturated heterocycles. The zero-order valence-electron chi connectivity index (χ0n) is 9.67. The van der Waals surface area contributed by atoms with Gasteiger partial charge in [-0.1, -0.05) is 0 Å². The van der Waals surface area contributed by atoms with Crippen LogP contribution in [0.2, 0.25) is 0 Å². The molecule has 0 radical (unpaired) electrons. The van der Waals surface area contributed by atoms with Gasteiger partial charge in [-0.25, -0.2) is 4.79 Å². The predicted molar refractivity (Wildman–Crippen MR) is 51.2 cm³/mol. The third-order valence-electron chi connectivity index (χ3n) is 2.94. The van der Waals surface area contributed by atoms with Crippen molar-refractivity contribution in [1.29, 1.82) is 0 Å². The lowest BCUT2D eigenvalue weighted by atomic mass is 9.91. The lowest BCUT2D eigenvalue weighted by molar-refractivity contribution is -0.239. The fraction of sp³-hybridized carbons (Fsp3) is 0.900. The molecule has 0 heterocycles. The van der Waals surface area contributed by atoms with Crippen LogP contribution >= 0.6 is 0 Å². The van der Waals surface area contributed by atoms with Crippen molar-refractivity contribution in [3.05, 3.63) is 0 Å². The fourth-order valence-corrected chi connectivity index (χ4v) is 1.86. The minimum Gasteiger partial charge on any atom is -0.456 e. The monoisotopic (exact) mass is 256 g/mol. The van der Waals surface area contributed by atoms with Crippen LogP contribution in [0, 0.1) is 0 Å². The van der Waals surface area contributed by atoms with Crippen molar-refractivity contribution < 1.29 is 32.2 Å². The highest BCUT2D eigenvalue weighted by atomic mass is 19.4. The van der Waals surface area contributed by atoms with E-state index in [0.29, 0.717) is 25.7 Å². The quantitative estimate of drug-likeness (QED) is 0.572. The van der Waals surface area contributed by atoms with E-state index in [1.165, 1.54) is 14.2 Å². The van der Waals surface area contributed by atoms with E-state index in [0.717, 1.165) is 0 Å². The molecule has 0 aromatic rings. The number of methoxy groups -OCH3 is 2. The first-order valence-corrected chi connectivity index (χ1v) is 5.21. The van der Waals surface area contributed by atoms with Crippen molar-refractivity contribution in [2.75, 3.05) is 14.2 Å². The summed E-state index contributed by atoms with van der Waals surface area (Å²) in [6, 6.07) is 0. The summed E-state index contributed by atoms with van der Waals surface area (Å²) in [6.07, 6.45) is -4.27. The van der Waals surface area contributed by atoms with Gasteiger partial charge in [-0.15, -0.1) is 0 Å². The van der Waals surface area contributed by atoms with Crippen LogP contribution in [0.1, 0.15) is 25.7 Å². The van der Waals surface area contributed by atoms with Gasteiger partial charge in [-0.3, -0.25) is 0 Å². The zero-order valence-corrected chi connectivity index (χ0v) is 9.67. The molecule has 0 N–H and O–H groups in total. The maximum absolute atomic E-state index is 12.0. The van der Waals surface area contributed by atoms with E-state index in [1.54, 1.807) is 0 Å². The van der Waals surface area contributed by atoms with Crippen molar-refractivity contribution in [2.24, 2.45) is 0 Å². The Morgan fingerprint density at radius 1 is 1.18 bits per heavy atom. The zero-order chi connectivity index (χ0) is 13.1. The Balaban J connectivity index is 2.45. The summed E-state index contributed by atoms with van der Waals surface area (Å²) >= 11 is 0. The van der Waals surface area contributed by atoms with Gasteiger partial charge in [0.05, 0.1) is 0 Å². The largest absolute Gasteiger partial charge is 0.490 e. The summed E-state index contributed by atoms with van der Waals surface area (Å²) in [7, 11) is 2.96. The highest BCUT2D eigenvalue weighted by Gasteiger charge is 2.44. The van der Waals surface area contributed by atoms with E-state index in [1.807, 2.05) is 0 Å². The minimum absolute atomic E-state index is 0.295. The molecule has 0 atom stereocenters. The van der Waals surface area contributed by atoms with E-state index in [4.69, 9.17) is 9.47 Å². The van der Waals surface area contributed by atoms with E-state index in [-0.39, 0.29) is 0 Å². The molecule has 1 saturated carbocycles. The second kappa shape index (κ2) is 5.22. The van der Waals surface area contributed by atoms with E-state index in [2.05, 4.69) is 4.74 Å². The maximum Gasteiger partial charge on any atom is 0.490 e. The molecule has 1 fully saturated rings. The first-order chi connectivity index (χ1) is 7.83. The van der Waals surface area contributed by atoms with E-state index >= 15 is 0 Å². The Hall–Kier alpha value is -0.820. The summed E-state index contributed by atoms with van der Waals surface area (Å²) in [6.45, 7) is 0. The summed E-state index contributed by atoms with van der Waals surface area (Å²) in [5, 5.41) is 0. The molecule has 1 aliphatic carbocycles. The van der Waals surface area contributed by atoms with Gasteiger partial charge in [0.25, 0.3) is 0 Å². The number of rotatable bonds is 3. The predicted octanol–water partition coefficient (Wildman–Crippen LogP) is 2.02. The molecule has 0 unspecified atom stereocenters. The Morgan fingerprint density at radius 2 is 1.65 bits per heavy atom. The molecule has 1 aliphatic rings. The third-order valence-corrected chi connectivity index (χ3v) is 2.94. The van der Waals surface area contributed by atoms with Crippen LogP contribution in [0.15, 0.2) is 0 Å². The second-order valence-electron chi connectivity index (χ2n) is 3.92. The standard InChI is InChI=1S/C10H15F3O4/c1-15-9(16-2)5-3-7(4-6-9)17-8(14)10(11,12)13/h7H,3-6H2,1-2H3. The van der Waals surface area contributed by atoms with E-state index in [9.17, 15) is 18.0 Å². The van der Waals surface area contributed by atoms with Crippen LogP contribution in [-0.4, -0.2) is 38.3 Å². The number of carbonyl (C=O) groups excluding carboxylic acids is 1. The Bertz CT molecular complexity index is 263. The number of hydrogen-bond acceptors (Lipinski definition) is 4. The van der Waals surface area contributed by atoms with Crippen LogP contribution in [0.4, 0.5) is 13.2 Å². The topological polar surface area (TPSA) is 44.8 Å². The second-order valence-corrected chi connectivity index (χ2v) is 3.92. The summed E-state index contributed by atoms with van der Waals surface area (Å²) < 4.78 is 50.6. The molecule has 1 rings (SSSR count). The lowest BCUT2D eigenvalue weighted by Crippen LogP contribution is -2.41. The smallest absolute Gasteiger partial charge is 0.456 e. The van der Waals surface area contributed by atoms with Gasteiger partial charge in [-0.2, -0.15) is 13.2 Å². The van der Waals surface area contributed by atoms with Crippen molar-refractivity contribution >= 4 is 5.97 Å². The molecule has 0 bridgehead atoms. The molecule has 0 aliphatic heterocycles. The van der Waals surface area contributed by atoms with Gasteiger partial charge in [0.2, 0.25) is 0 Å². The molecule has 0 aromatic carbocycles. The number of halogens is 3. The van der Waals surface area contributed by atoms with Gasteiger partial charge < -0.3 is 14.2 Å². The Labute approximate surface area is 97.0 Å². The number of alkyl halides is 3. The van der Waals surface area contributed by atoms with Gasteiger partial charge in [0.15, 0.2) is 5.79 Å². The molecule has 100 valence electrons. The maximum atomic E-state index is 12.0. The molecule has 7 heteroatoms. The number of carbonyl (C=O) groups is 1. The number of ether oxygens (including phenoxy) is 3. The van der Waals surface area contributed by atoms with Gasteiger partial charge in [-0.05, 0) is 12.8 Å². The number of esters is 1. The normalized spacial score (nSPS) is 21.2. The van der Waals surface area contributed by atoms with Gasteiger partial charge in [0.1, 0.15) is 6.10 Å². The fourth-order valence-electron chi connectivity index (χ4n) is 1.86. The molecule has 0 amide bonds. The molecular weight excluding hydrogens is 241 g/mol. The van der Waals surface area contributed by atoms with Crippen molar-refractivity contribution in [3.8, 4) is 0 Å². The highest BCUT2D eigenvalue weighted by molar-refractivity contribution is 5.75. The molecule has 17 heavy (non-hydrogen) atoms. The van der Waals surface area contributed by atoms with Crippen molar-refractivity contribution in [1.82, 2.24) is 0 Å². The third kappa shape index (κ3) is 3.57. The average Bonchev–Trinajstić information content (AvgIpc) is 2.29. The Morgan fingerprint density at radius 3 is 2.00 bits per heavy atom. The molecular formula is C10H15F3O4. The first-order valence-electron chi connectivity index (χ1n) is 5.21. The van der Waals surface area contributed by atoms with Crippen molar-refractivity contribution in [3.63, 3.8) is 0 Å². The minimum atomic E-state index is -4.93. The summed E-state index contributed by atoms with van der Waals surface area (Å²) in [4.78, 5) is 10.6. The highest BCUT2D eigenvalue weighted by Crippen LogP contribution is 2.34. The number of hydrogen-bond donors (Lipinski definition) is 0. The average molecular weight is 256 g/mol. The molecule has 0 spiro atoms. The van der Waals surface area contributed by atoms with Crippen LogP contribution in [0.3, 0.4) is 0 Å². The first kappa shape index (κ1) is 14.2. The summed E-state index contributed by atoms with van der Waals surface area (Å²) in [5.41, 5.74) is 0. The molecule has 0 aromatic heterocycles. The van der Waals surface area contributed by atoms with E-state index < -0.39 is 24.0 Å². The van der Waals surface area contributed by atoms with Crippen molar-refractivity contribution in [2.45, 2.75) is 43.8 Å². The Kier molecular flexibility index (Phi) is 4.37.